The van der Waals surface area contributed by atoms with Gasteiger partial charge in [0, 0.05) is 13.0 Å². The predicted octanol–water partition coefficient (Wildman–Crippen LogP) is 3.00. The van der Waals surface area contributed by atoms with Crippen LogP contribution in [0.5, 0.6) is 5.75 Å². The van der Waals surface area contributed by atoms with Crippen molar-refractivity contribution >= 4 is 21.7 Å². The Labute approximate surface area is 151 Å². The highest BCUT2D eigenvalue weighted by atomic mass is 79.9. The highest BCUT2D eigenvalue weighted by Crippen LogP contribution is 2.29. The highest BCUT2D eigenvalue weighted by Gasteiger charge is 2.30. The van der Waals surface area contributed by atoms with E-state index in [9.17, 15) is 4.39 Å². The molecule has 1 aliphatic heterocycles. The van der Waals surface area contributed by atoms with Crippen LogP contribution in [-0.2, 0) is 0 Å². The van der Waals surface area contributed by atoms with Gasteiger partial charge in [0.15, 0.2) is 5.82 Å². The van der Waals surface area contributed by atoms with Gasteiger partial charge in [-0.3, -0.25) is 0 Å². The predicted molar refractivity (Wildman–Crippen MR) is 90.8 cm³/mol. The molecule has 3 heterocycles. The van der Waals surface area contributed by atoms with E-state index in [0.29, 0.717) is 36.3 Å². The molecule has 0 unspecified atom stereocenters. The number of hydrogen-bond donors (Lipinski definition) is 0. The van der Waals surface area contributed by atoms with Gasteiger partial charge >= 0.3 is 0 Å². The van der Waals surface area contributed by atoms with Crippen LogP contribution in [0.4, 0.5) is 10.2 Å². The van der Waals surface area contributed by atoms with Gasteiger partial charge in [-0.15, -0.1) is 20.4 Å². The van der Waals surface area contributed by atoms with Gasteiger partial charge in [-0.25, -0.2) is 4.39 Å². The minimum absolute atomic E-state index is 0.0295. The molecular weight excluding hydrogens is 393 g/mol. The summed E-state index contributed by atoms with van der Waals surface area (Å²) in [5, 5.41) is 16.0. The number of rotatable bonds is 4. The molecule has 0 aliphatic carbocycles. The van der Waals surface area contributed by atoms with Crippen LogP contribution in [0.3, 0.4) is 0 Å². The maximum Gasteiger partial charge on any atom is 0.268 e. The Hall–Kier alpha value is -2.55. The van der Waals surface area contributed by atoms with Gasteiger partial charge in [0.25, 0.3) is 5.89 Å². The van der Waals surface area contributed by atoms with Gasteiger partial charge in [-0.1, -0.05) is 0 Å². The van der Waals surface area contributed by atoms with Gasteiger partial charge in [-0.05, 0) is 40.2 Å². The monoisotopic (exact) mass is 405 g/mol. The molecule has 128 valence electrons. The Bertz CT molecular complexity index is 896. The lowest BCUT2D eigenvalue weighted by molar-refractivity contribution is 0.165. The number of ether oxygens (including phenoxy) is 1. The van der Waals surface area contributed by atoms with E-state index in [2.05, 4.69) is 36.3 Å². The van der Waals surface area contributed by atoms with E-state index in [4.69, 9.17) is 9.15 Å². The Morgan fingerprint density at radius 2 is 2.00 bits per heavy atom. The van der Waals surface area contributed by atoms with Gasteiger partial charge < -0.3 is 14.1 Å². The van der Waals surface area contributed by atoms with Crippen LogP contribution in [0.1, 0.15) is 5.89 Å². The lowest BCUT2D eigenvalue weighted by Gasteiger charge is -2.39. The maximum atomic E-state index is 13.3. The number of hydrogen-bond acceptors (Lipinski definition) is 7. The van der Waals surface area contributed by atoms with Crippen LogP contribution in [-0.4, -0.2) is 39.6 Å². The second-order valence-corrected chi connectivity index (χ2v) is 6.48. The van der Waals surface area contributed by atoms with Crippen molar-refractivity contribution in [1.82, 2.24) is 20.4 Å². The summed E-state index contributed by atoms with van der Waals surface area (Å²) in [6.45, 7) is 3.02. The quantitative estimate of drug-likeness (QED) is 0.659. The molecule has 0 saturated carbocycles. The van der Waals surface area contributed by atoms with Crippen LogP contribution in [0.25, 0.3) is 11.6 Å². The molecule has 1 saturated heterocycles. The molecule has 1 aromatic carbocycles. The molecule has 0 radical (unpaired) electrons. The number of nitrogens with zero attached hydrogens (tertiary/aromatic N) is 5. The van der Waals surface area contributed by atoms with Crippen LogP contribution >= 0.6 is 15.9 Å². The summed E-state index contributed by atoms with van der Waals surface area (Å²) < 4.78 is 25.1. The van der Waals surface area contributed by atoms with E-state index in [-0.39, 0.29) is 11.9 Å². The molecule has 1 fully saturated rings. The van der Waals surface area contributed by atoms with E-state index in [1.807, 2.05) is 11.0 Å². The first-order valence-corrected chi connectivity index (χ1v) is 8.38. The minimum atomic E-state index is -0.327. The van der Waals surface area contributed by atoms with Gasteiger partial charge in [0.05, 0.1) is 17.6 Å². The Kier molecular flexibility index (Phi) is 4.08. The first-order valence-electron chi connectivity index (χ1n) is 7.59. The fourth-order valence-corrected chi connectivity index (χ4v) is 2.79. The second-order valence-electron chi connectivity index (χ2n) is 5.62. The summed E-state index contributed by atoms with van der Waals surface area (Å²) in [6, 6.07) is 8.01. The largest absolute Gasteiger partial charge is 0.485 e. The third-order valence-electron chi connectivity index (χ3n) is 3.75. The zero-order valence-corrected chi connectivity index (χ0v) is 14.8. The Balaban J connectivity index is 1.38. The lowest BCUT2D eigenvalue weighted by Crippen LogP contribution is -2.54. The van der Waals surface area contributed by atoms with Crippen molar-refractivity contribution < 1.29 is 13.5 Å². The third-order valence-corrected chi connectivity index (χ3v) is 4.41. The van der Waals surface area contributed by atoms with Crippen LogP contribution in [0.2, 0.25) is 0 Å². The standard InChI is InChI=1S/C16H13BrFN5O2/c1-9-19-22-16(24-9)13-4-5-15(21-20-13)23-7-11(8-23)25-14-6-10(18)2-3-12(14)17/h2-6,11H,7-8H2,1H3. The van der Waals surface area contributed by atoms with Crippen molar-refractivity contribution in [2.45, 2.75) is 13.0 Å². The SMILES string of the molecule is Cc1nnc(-c2ccc(N3CC(Oc4cc(F)ccc4Br)C3)nn2)o1. The van der Waals surface area contributed by atoms with Gasteiger partial charge in [-0.2, -0.15) is 0 Å². The molecule has 0 amide bonds. The topological polar surface area (TPSA) is 77.2 Å². The Morgan fingerprint density at radius 1 is 1.16 bits per heavy atom. The van der Waals surface area contributed by atoms with Gasteiger partial charge in [0.1, 0.15) is 23.4 Å². The molecule has 0 N–H and O–H groups in total. The second kappa shape index (κ2) is 6.40. The summed E-state index contributed by atoms with van der Waals surface area (Å²) in [5.41, 5.74) is 0.529. The molecule has 2 aromatic heterocycles. The molecule has 0 atom stereocenters. The van der Waals surface area contributed by atoms with Crippen molar-refractivity contribution in [3.8, 4) is 17.3 Å². The van der Waals surface area contributed by atoms with Crippen molar-refractivity contribution in [2.75, 3.05) is 18.0 Å². The smallest absolute Gasteiger partial charge is 0.268 e. The lowest BCUT2D eigenvalue weighted by atomic mass is 10.1. The molecule has 1 aliphatic rings. The molecule has 25 heavy (non-hydrogen) atoms. The molecule has 0 bridgehead atoms. The zero-order chi connectivity index (χ0) is 17.4. The van der Waals surface area contributed by atoms with Crippen molar-refractivity contribution in [1.29, 1.82) is 0 Å². The number of aryl methyl sites for hydroxylation is 1. The molecule has 0 spiro atoms. The molecular formula is C16H13BrFN5O2. The van der Waals surface area contributed by atoms with Crippen molar-refractivity contribution in [3.05, 3.63) is 46.5 Å². The van der Waals surface area contributed by atoms with E-state index in [0.717, 1.165) is 10.3 Å². The maximum absolute atomic E-state index is 13.3. The number of halogens is 2. The molecule has 9 heteroatoms. The summed E-state index contributed by atoms with van der Waals surface area (Å²) in [4.78, 5) is 2.02. The normalized spacial score (nSPS) is 14.4. The van der Waals surface area contributed by atoms with Crippen LogP contribution in [0.15, 0.2) is 39.2 Å². The molecule has 4 rings (SSSR count). The van der Waals surface area contributed by atoms with E-state index >= 15 is 0 Å². The molecule has 7 nitrogen and oxygen atoms in total. The van der Waals surface area contributed by atoms with Gasteiger partial charge in [0.2, 0.25) is 5.89 Å². The fraction of sp³-hybridized carbons (Fsp3) is 0.250. The minimum Gasteiger partial charge on any atom is -0.485 e. The zero-order valence-electron chi connectivity index (χ0n) is 13.2. The number of benzene rings is 1. The molecule has 3 aromatic rings. The average molecular weight is 406 g/mol. The Morgan fingerprint density at radius 3 is 2.68 bits per heavy atom. The number of aromatic nitrogens is 4. The summed E-state index contributed by atoms with van der Waals surface area (Å²) in [5.74, 6) is 1.73. The third kappa shape index (κ3) is 3.32. The average Bonchev–Trinajstić information content (AvgIpc) is 3.00. The van der Waals surface area contributed by atoms with E-state index < -0.39 is 0 Å². The van der Waals surface area contributed by atoms with Crippen molar-refractivity contribution in [3.63, 3.8) is 0 Å². The first-order chi connectivity index (χ1) is 12.1. The van der Waals surface area contributed by atoms with E-state index in [1.165, 1.54) is 12.1 Å². The van der Waals surface area contributed by atoms with Crippen molar-refractivity contribution in [2.24, 2.45) is 0 Å². The fourth-order valence-electron chi connectivity index (χ4n) is 2.45. The number of anilines is 1. The first kappa shape index (κ1) is 15.9. The highest BCUT2D eigenvalue weighted by molar-refractivity contribution is 9.10. The summed E-state index contributed by atoms with van der Waals surface area (Å²) in [6.07, 6.45) is -0.0295. The van der Waals surface area contributed by atoms with E-state index in [1.54, 1.807) is 19.1 Å². The summed E-state index contributed by atoms with van der Waals surface area (Å²) >= 11 is 3.36. The summed E-state index contributed by atoms with van der Waals surface area (Å²) in [7, 11) is 0. The van der Waals surface area contributed by atoms with Crippen LogP contribution < -0.4 is 9.64 Å². The van der Waals surface area contributed by atoms with Crippen LogP contribution in [0, 0.1) is 12.7 Å².